The highest BCUT2D eigenvalue weighted by molar-refractivity contribution is 4.75. The molecule has 0 aromatic rings. The van der Waals surface area contributed by atoms with Crippen LogP contribution >= 0.6 is 0 Å². The largest absolute Gasteiger partial charge is 0.377 e. The Bertz CT molecular complexity index is 189. The number of nitrogens with one attached hydrogen (secondary N) is 1. The fourth-order valence-electron chi connectivity index (χ4n) is 2.63. The van der Waals surface area contributed by atoms with E-state index in [0.717, 1.165) is 25.7 Å². The Hall–Kier alpha value is -0.120. The van der Waals surface area contributed by atoms with Gasteiger partial charge in [0.2, 0.25) is 0 Å². The van der Waals surface area contributed by atoms with Crippen LogP contribution in [-0.2, 0) is 4.74 Å². The first-order chi connectivity index (χ1) is 8.19. The molecule has 2 unspecified atom stereocenters. The number of nitrogens with zero attached hydrogens (tertiary/aromatic N) is 1. The molecular weight excluding hydrogens is 212 g/mol. The molecular formula is C14H30N2O. The number of hydrogen-bond acceptors (Lipinski definition) is 3. The zero-order valence-corrected chi connectivity index (χ0v) is 12.0. The van der Waals surface area contributed by atoms with Crippen LogP contribution in [0.15, 0.2) is 0 Å². The number of rotatable bonds is 8. The summed E-state index contributed by atoms with van der Waals surface area (Å²) < 4.78 is 5.61. The summed E-state index contributed by atoms with van der Waals surface area (Å²) in [6, 6.07) is 1.32. The first-order valence-electron chi connectivity index (χ1n) is 7.23. The van der Waals surface area contributed by atoms with Gasteiger partial charge in [0, 0.05) is 31.8 Å². The van der Waals surface area contributed by atoms with E-state index in [2.05, 4.69) is 38.0 Å². The van der Waals surface area contributed by atoms with Gasteiger partial charge in [-0.05, 0) is 39.7 Å². The van der Waals surface area contributed by atoms with Gasteiger partial charge >= 0.3 is 0 Å². The van der Waals surface area contributed by atoms with Crippen molar-refractivity contribution in [2.45, 2.75) is 64.6 Å². The lowest BCUT2D eigenvalue weighted by molar-refractivity contribution is 0.105. The Labute approximate surface area is 107 Å². The summed E-state index contributed by atoms with van der Waals surface area (Å²) >= 11 is 0. The van der Waals surface area contributed by atoms with Crippen LogP contribution in [-0.4, -0.2) is 49.8 Å². The van der Waals surface area contributed by atoms with Gasteiger partial charge in [0.25, 0.3) is 0 Å². The second-order valence-electron chi connectivity index (χ2n) is 5.28. The van der Waals surface area contributed by atoms with Crippen LogP contribution in [0.2, 0.25) is 0 Å². The summed E-state index contributed by atoms with van der Waals surface area (Å²) in [5.74, 6) is 0. The lowest BCUT2D eigenvalue weighted by atomic mass is 10.1. The van der Waals surface area contributed by atoms with Crippen molar-refractivity contribution in [1.82, 2.24) is 10.2 Å². The maximum Gasteiger partial charge on any atom is 0.0700 e. The second kappa shape index (κ2) is 8.06. The first-order valence-corrected chi connectivity index (χ1v) is 7.23. The van der Waals surface area contributed by atoms with Crippen molar-refractivity contribution in [3.05, 3.63) is 0 Å². The molecule has 0 aromatic heterocycles. The van der Waals surface area contributed by atoms with Crippen LogP contribution in [0, 0.1) is 0 Å². The molecule has 3 heteroatoms. The quantitative estimate of drug-likeness (QED) is 0.706. The molecule has 3 nitrogen and oxygen atoms in total. The predicted octanol–water partition coefficient (Wildman–Crippen LogP) is 2.26. The highest BCUT2D eigenvalue weighted by Crippen LogP contribution is 2.11. The van der Waals surface area contributed by atoms with Crippen LogP contribution in [0.5, 0.6) is 0 Å². The minimum atomic E-state index is 0.459. The van der Waals surface area contributed by atoms with E-state index in [4.69, 9.17) is 4.74 Å². The number of likely N-dealkylation sites (N-methyl/N-ethyl adjacent to an activating group) is 1. The van der Waals surface area contributed by atoms with Crippen LogP contribution < -0.4 is 5.32 Å². The van der Waals surface area contributed by atoms with Crippen LogP contribution in [0.25, 0.3) is 0 Å². The van der Waals surface area contributed by atoms with E-state index < -0.39 is 0 Å². The van der Waals surface area contributed by atoms with Gasteiger partial charge < -0.3 is 10.1 Å². The van der Waals surface area contributed by atoms with Gasteiger partial charge in [-0.1, -0.05) is 13.8 Å². The SMILES string of the molecule is CCC(CC)N(C)C(C)CNCC1CCCO1. The minimum Gasteiger partial charge on any atom is -0.377 e. The Morgan fingerprint density at radius 3 is 2.59 bits per heavy atom. The first kappa shape index (κ1) is 14.9. The van der Waals surface area contributed by atoms with Gasteiger partial charge in [0.05, 0.1) is 6.10 Å². The third kappa shape index (κ3) is 4.94. The molecule has 0 bridgehead atoms. The van der Waals surface area contributed by atoms with E-state index in [-0.39, 0.29) is 0 Å². The molecule has 0 radical (unpaired) electrons. The summed E-state index contributed by atoms with van der Waals surface area (Å²) in [6.45, 7) is 9.89. The molecule has 1 aliphatic heterocycles. The number of ether oxygens (including phenoxy) is 1. The van der Waals surface area contributed by atoms with Gasteiger partial charge in [0.15, 0.2) is 0 Å². The standard InChI is InChI=1S/C14H30N2O/c1-5-13(6-2)16(4)12(3)10-15-11-14-8-7-9-17-14/h12-15H,5-11H2,1-4H3. The van der Waals surface area contributed by atoms with Crippen molar-refractivity contribution in [2.24, 2.45) is 0 Å². The lowest BCUT2D eigenvalue weighted by Gasteiger charge is -2.32. The maximum absolute atomic E-state index is 5.61. The average Bonchev–Trinajstić information content (AvgIpc) is 2.83. The van der Waals surface area contributed by atoms with E-state index in [1.165, 1.54) is 25.7 Å². The van der Waals surface area contributed by atoms with E-state index in [0.29, 0.717) is 12.1 Å². The highest BCUT2D eigenvalue weighted by atomic mass is 16.5. The van der Waals surface area contributed by atoms with Gasteiger partial charge in [-0.25, -0.2) is 0 Å². The molecule has 0 amide bonds. The van der Waals surface area contributed by atoms with E-state index in [1.807, 2.05) is 0 Å². The summed E-state index contributed by atoms with van der Waals surface area (Å²) in [5.41, 5.74) is 0. The molecule has 1 saturated heterocycles. The molecule has 0 aliphatic carbocycles. The van der Waals surface area contributed by atoms with Crippen LogP contribution in [0.4, 0.5) is 0 Å². The third-order valence-corrected chi connectivity index (χ3v) is 4.05. The summed E-state index contributed by atoms with van der Waals surface area (Å²) in [6.07, 6.45) is 5.39. The smallest absolute Gasteiger partial charge is 0.0700 e. The van der Waals surface area contributed by atoms with Crippen molar-refractivity contribution in [2.75, 3.05) is 26.7 Å². The van der Waals surface area contributed by atoms with E-state index >= 15 is 0 Å². The summed E-state index contributed by atoms with van der Waals surface area (Å²) in [4.78, 5) is 2.50. The Balaban J connectivity index is 2.16. The predicted molar refractivity (Wildman–Crippen MR) is 73.4 cm³/mol. The summed E-state index contributed by atoms with van der Waals surface area (Å²) in [7, 11) is 2.25. The Kier molecular flexibility index (Phi) is 7.09. The van der Waals surface area contributed by atoms with Gasteiger partial charge in [-0.2, -0.15) is 0 Å². The van der Waals surface area contributed by atoms with Crippen molar-refractivity contribution in [3.8, 4) is 0 Å². The molecule has 0 spiro atoms. The second-order valence-corrected chi connectivity index (χ2v) is 5.28. The molecule has 17 heavy (non-hydrogen) atoms. The third-order valence-electron chi connectivity index (χ3n) is 4.05. The zero-order valence-electron chi connectivity index (χ0n) is 12.0. The Morgan fingerprint density at radius 1 is 1.35 bits per heavy atom. The number of hydrogen-bond donors (Lipinski definition) is 1. The molecule has 1 N–H and O–H groups in total. The molecule has 1 aliphatic rings. The van der Waals surface area contributed by atoms with Crippen LogP contribution in [0.3, 0.4) is 0 Å². The van der Waals surface area contributed by atoms with Crippen molar-refractivity contribution in [1.29, 1.82) is 0 Å². The molecule has 0 saturated carbocycles. The van der Waals surface area contributed by atoms with E-state index in [9.17, 15) is 0 Å². The molecule has 102 valence electrons. The van der Waals surface area contributed by atoms with E-state index in [1.54, 1.807) is 0 Å². The Morgan fingerprint density at radius 2 is 2.06 bits per heavy atom. The lowest BCUT2D eigenvalue weighted by Crippen LogP contribution is -2.44. The van der Waals surface area contributed by atoms with Crippen LogP contribution in [0.1, 0.15) is 46.5 Å². The average molecular weight is 242 g/mol. The zero-order chi connectivity index (χ0) is 12.7. The fraction of sp³-hybridized carbons (Fsp3) is 1.00. The fourth-order valence-corrected chi connectivity index (χ4v) is 2.63. The maximum atomic E-state index is 5.61. The van der Waals surface area contributed by atoms with Crippen molar-refractivity contribution < 1.29 is 4.74 Å². The molecule has 2 atom stereocenters. The monoisotopic (exact) mass is 242 g/mol. The summed E-state index contributed by atoms with van der Waals surface area (Å²) in [5, 5.41) is 3.54. The topological polar surface area (TPSA) is 24.5 Å². The van der Waals surface area contributed by atoms with Gasteiger partial charge in [0.1, 0.15) is 0 Å². The van der Waals surface area contributed by atoms with Crippen molar-refractivity contribution in [3.63, 3.8) is 0 Å². The van der Waals surface area contributed by atoms with Gasteiger partial charge in [-0.3, -0.25) is 4.90 Å². The minimum absolute atomic E-state index is 0.459. The molecule has 1 rings (SSSR count). The molecule has 1 fully saturated rings. The van der Waals surface area contributed by atoms with Gasteiger partial charge in [-0.15, -0.1) is 0 Å². The normalized spacial score (nSPS) is 22.6. The van der Waals surface area contributed by atoms with Crippen molar-refractivity contribution >= 4 is 0 Å². The molecule has 1 heterocycles. The molecule has 0 aromatic carbocycles. The highest BCUT2D eigenvalue weighted by Gasteiger charge is 2.18.